The lowest BCUT2D eigenvalue weighted by molar-refractivity contribution is -0.152. The number of anilines is 1. The Balaban J connectivity index is 1.94. The molecule has 2 aromatic carbocycles. The average Bonchev–Trinajstić information content (AvgIpc) is 2.62. The molecule has 0 unspecified atom stereocenters. The number of hydrogen-bond donors (Lipinski definition) is 1. The second-order valence-corrected chi connectivity index (χ2v) is 6.58. The number of rotatable bonds is 7. The Bertz CT molecular complexity index is 753. The van der Waals surface area contributed by atoms with Gasteiger partial charge in [-0.25, -0.2) is 4.79 Å². The van der Waals surface area contributed by atoms with Crippen LogP contribution in [0.15, 0.2) is 48.5 Å². The molecule has 0 saturated heterocycles. The second kappa shape index (κ2) is 9.04. The van der Waals surface area contributed by atoms with Gasteiger partial charge in [0, 0.05) is 11.3 Å². The van der Waals surface area contributed by atoms with Gasteiger partial charge in [-0.1, -0.05) is 32.0 Å². The lowest BCUT2D eigenvalue weighted by atomic mass is 10.1. The van der Waals surface area contributed by atoms with E-state index in [2.05, 4.69) is 5.32 Å². The molecule has 26 heavy (non-hydrogen) atoms. The van der Waals surface area contributed by atoms with Gasteiger partial charge in [-0.3, -0.25) is 4.79 Å². The molecule has 0 fully saturated rings. The minimum absolute atomic E-state index is 0.199. The van der Waals surface area contributed by atoms with Crippen LogP contribution in [-0.2, 0) is 9.53 Å². The minimum Gasteiger partial charge on any atom is -0.479 e. The normalized spacial score (nSPS) is 11.7. The summed E-state index contributed by atoms with van der Waals surface area (Å²) in [6, 6.07) is 14.2. The van der Waals surface area contributed by atoms with Gasteiger partial charge < -0.3 is 14.8 Å². The molecule has 5 nitrogen and oxygen atoms in total. The third kappa shape index (κ3) is 5.62. The van der Waals surface area contributed by atoms with Gasteiger partial charge in [-0.05, 0) is 55.7 Å². The van der Waals surface area contributed by atoms with E-state index < -0.39 is 12.1 Å². The van der Waals surface area contributed by atoms with Crippen LogP contribution in [0.1, 0.15) is 36.7 Å². The number of aryl methyl sites for hydroxylation is 1. The molecule has 0 radical (unpaired) electrons. The maximum absolute atomic E-state index is 12.3. The maximum Gasteiger partial charge on any atom is 0.347 e. The van der Waals surface area contributed by atoms with Crippen molar-refractivity contribution in [2.24, 2.45) is 5.92 Å². The van der Waals surface area contributed by atoms with E-state index in [0.29, 0.717) is 17.9 Å². The lowest BCUT2D eigenvalue weighted by Crippen LogP contribution is -2.27. The SMILES string of the molecule is Cc1ccccc1NC(=O)c1ccc(O[C@@H](C)C(=O)OCC(C)C)cc1. The highest BCUT2D eigenvalue weighted by Crippen LogP contribution is 2.18. The van der Waals surface area contributed by atoms with Crippen LogP contribution in [-0.4, -0.2) is 24.6 Å². The van der Waals surface area contributed by atoms with Crippen molar-refractivity contribution in [3.63, 3.8) is 0 Å². The Morgan fingerprint density at radius 2 is 1.65 bits per heavy atom. The molecule has 1 atom stereocenters. The zero-order valence-electron chi connectivity index (χ0n) is 15.6. The van der Waals surface area contributed by atoms with E-state index in [0.717, 1.165) is 11.3 Å². The summed E-state index contributed by atoms with van der Waals surface area (Å²) in [6.45, 7) is 7.89. The van der Waals surface area contributed by atoms with Gasteiger partial charge in [0.05, 0.1) is 6.61 Å². The van der Waals surface area contributed by atoms with Gasteiger partial charge in [0.2, 0.25) is 0 Å². The second-order valence-electron chi connectivity index (χ2n) is 6.58. The fourth-order valence-corrected chi connectivity index (χ4v) is 2.21. The van der Waals surface area contributed by atoms with Crippen LogP contribution in [0, 0.1) is 12.8 Å². The number of carbonyl (C=O) groups excluding carboxylic acids is 2. The standard InChI is InChI=1S/C21H25NO4/c1-14(2)13-25-21(24)16(4)26-18-11-9-17(10-12-18)20(23)22-19-8-6-5-7-15(19)3/h5-12,14,16H,13H2,1-4H3,(H,22,23)/t16-/m0/s1. The molecule has 5 heteroatoms. The molecule has 0 saturated carbocycles. The smallest absolute Gasteiger partial charge is 0.347 e. The monoisotopic (exact) mass is 355 g/mol. The first-order chi connectivity index (χ1) is 12.4. The third-order valence-electron chi connectivity index (χ3n) is 3.71. The quantitative estimate of drug-likeness (QED) is 0.756. The molecule has 0 aliphatic rings. The number of esters is 1. The van der Waals surface area contributed by atoms with E-state index in [4.69, 9.17) is 9.47 Å². The molecule has 0 aromatic heterocycles. The summed E-state index contributed by atoms with van der Waals surface area (Å²) in [5.74, 6) is 0.180. The van der Waals surface area contributed by atoms with Crippen molar-refractivity contribution in [3.8, 4) is 5.75 Å². The van der Waals surface area contributed by atoms with E-state index in [1.54, 1.807) is 31.2 Å². The molecule has 0 aliphatic heterocycles. The molecule has 2 aromatic rings. The molecule has 1 N–H and O–H groups in total. The minimum atomic E-state index is -0.708. The zero-order valence-corrected chi connectivity index (χ0v) is 15.6. The summed E-state index contributed by atoms with van der Waals surface area (Å²) < 4.78 is 10.7. The van der Waals surface area contributed by atoms with Crippen molar-refractivity contribution in [1.29, 1.82) is 0 Å². The van der Waals surface area contributed by atoms with Crippen LogP contribution in [0.5, 0.6) is 5.75 Å². The Kier molecular flexibility index (Phi) is 6.78. The largest absolute Gasteiger partial charge is 0.479 e. The molecule has 0 bridgehead atoms. The van der Waals surface area contributed by atoms with E-state index in [1.165, 1.54) is 0 Å². The number of hydrogen-bond acceptors (Lipinski definition) is 4. The number of nitrogens with one attached hydrogen (secondary N) is 1. The first kappa shape index (κ1) is 19.5. The Labute approximate surface area is 154 Å². The molecular weight excluding hydrogens is 330 g/mol. The van der Waals surface area contributed by atoms with Crippen molar-refractivity contribution in [3.05, 3.63) is 59.7 Å². The highest BCUT2D eigenvalue weighted by atomic mass is 16.6. The summed E-state index contributed by atoms with van der Waals surface area (Å²) in [5.41, 5.74) is 2.28. The van der Waals surface area contributed by atoms with Gasteiger partial charge >= 0.3 is 5.97 Å². The fraction of sp³-hybridized carbons (Fsp3) is 0.333. The van der Waals surface area contributed by atoms with E-state index >= 15 is 0 Å². The Morgan fingerprint density at radius 1 is 1.00 bits per heavy atom. The van der Waals surface area contributed by atoms with E-state index in [1.807, 2.05) is 45.0 Å². The highest BCUT2D eigenvalue weighted by Gasteiger charge is 2.17. The number of amides is 1. The van der Waals surface area contributed by atoms with Gasteiger partial charge in [0.25, 0.3) is 5.91 Å². The topological polar surface area (TPSA) is 64.6 Å². The highest BCUT2D eigenvalue weighted by molar-refractivity contribution is 6.04. The number of para-hydroxylation sites is 1. The molecule has 0 heterocycles. The summed E-state index contributed by atoms with van der Waals surface area (Å²) in [7, 11) is 0. The third-order valence-corrected chi connectivity index (χ3v) is 3.71. The van der Waals surface area contributed by atoms with Crippen molar-refractivity contribution in [2.45, 2.75) is 33.8 Å². The van der Waals surface area contributed by atoms with Gasteiger partial charge in [0.1, 0.15) is 5.75 Å². The van der Waals surface area contributed by atoms with E-state index in [-0.39, 0.29) is 11.8 Å². The lowest BCUT2D eigenvalue weighted by Gasteiger charge is -2.15. The van der Waals surface area contributed by atoms with Crippen LogP contribution in [0.4, 0.5) is 5.69 Å². The van der Waals surface area contributed by atoms with Gasteiger partial charge in [0.15, 0.2) is 6.10 Å². The van der Waals surface area contributed by atoms with Crippen LogP contribution < -0.4 is 10.1 Å². The Hall–Kier alpha value is -2.82. The van der Waals surface area contributed by atoms with Gasteiger partial charge in [-0.2, -0.15) is 0 Å². The molecule has 0 aliphatic carbocycles. The van der Waals surface area contributed by atoms with Gasteiger partial charge in [-0.15, -0.1) is 0 Å². The van der Waals surface area contributed by atoms with E-state index in [9.17, 15) is 9.59 Å². The van der Waals surface area contributed by atoms with Crippen molar-refractivity contribution >= 4 is 17.6 Å². The fourth-order valence-electron chi connectivity index (χ4n) is 2.21. The Morgan fingerprint density at radius 3 is 2.27 bits per heavy atom. The van der Waals surface area contributed by atoms with Crippen LogP contribution in [0.3, 0.4) is 0 Å². The number of ether oxygens (including phenoxy) is 2. The molecular formula is C21H25NO4. The van der Waals surface area contributed by atoms with Crippen molar-refractivity contribution in [1.82, 2.24) is 0 Å². The predicted octanol–water partition coefficient (Wildman–Crippen LogP) is 4.21. The maximum atomic E-state index is 12.3. The molecule has 138 valence electrons. The summed E-state index contributed by atoms with van der Waals surface area (Å²) in [4.78, 5) is 24.2. The van der Waals surface area contributed by atoms with Crippen LogP contribution in [0.25, 0.3) is 0 Å². The zero-order chi connectivity index (χ0) is 19.1. The molecule has 1 amide bonds. The predicted molar refractivity (Wildman–Crippen MR) is 101 cm³/mol. The summed E-state index contributed by atoms with van der Waals surface area (Å²) >= 11 is 0. The average molecular weight is 355 g/mol. The van der Waals surface area contributed by atoms with Crippen LogP contribution >= 0.6 is 0 Å². The molecule has 2 rings (SSSR count). The van der Waals surface area contributed by atoms with Crippen LogP contribution in [0.2, 0.25) is 0 Å². The van der Waals surface area contributed by atoms with Crippen molar-refractivity contribution in [2.75, 3.05) is 11.9 Å². The number of benzene rings is 2. The summed E-state index contributed by atoms with van der Waals surface area (Å²) in [5, 5.41) is 2.88. The molecule has 0 spiro atoms. The van der Waals surface area contributed by atoms with Crippen molar-refractivity contribution < 1.29 is 19.1 Å². The first-order valence-corrected chi connectivity index (χ1v) is 8.67. The number of carbonyl (C=O) groups is 2. The first-order valence-electron chi connectivity index (χ1n) is 8.67. The summed E-state index contributed by atoms with van der Waals surface area (Å²) in [6.07, 6.45) is -0.708.